The summed E-state index contributed by atoms with van der Waals surface area (Å²) in [5.41, 5.74) is 0.236. The number of nitrogens with one attached hydrogen (secondary N) is 1. The molecule has 0 spiro atoms. The number of halogens is 4. The molecule has 0 fully saturated rings. The molecule has 1 aromatic carbocycles. The fraction of sp³-hybridized carbons (Fsp3) is 0.417. The van der Waals surface area contributed by atoms with Crippen LogP contribution in [0.1, 0.15) is 24.2 Å². The molecule has 0 saturated carbocycles. The first-order valence-corrected chi connectivity index (χ1v) is 6.27. The number of rotatable bonds is 4. The molecule has 0 aliphatic carbocycles. The van der Waals surface area contributed by atoms with Crippen LogP contribution in [0.15, 0.2) is 22.7 Å². The number of carbonyl (C=O) groups excluding carboxylic acids is 1. The zero-order valence-corrected chi connectivity index (χ0v) is 11.9. The second-order valence-corrected chi connectivity index (χ2v) is 5.12. The number of ether oxygens (including phenoxy) is 1. The Kier molecular flexibility index (Phi) is 5.22. The van der Waals surface area contributed by atoms with E-state index in [0.717, 1.165) is 0 Å². The van der Waals surface area contributed by atoms with Crippen LogP contribution in [0.25, 0.3) is 0 Å². The molecule has 3 nitrogen and oxygen atoms in total. The molecule has 1 N–H and O–H groups in total. The van der Waals surface area contributed by atoms with E-state index in [-0.39, 0.29) is 23.3 Å². The van der Waals surface area contributed by atoms with Gasteiger partial charge in [-0.1, -0.05) is 15.9 Å². The Balaban J connectivity index is 2.85. The summed E-state index contributed by atoms with van der Waals surface area (Å²) in [6.45, 7) is 2.18. The van der Waals surface area contributed by atoms with Gasteiger partial charge in [-0.2, -0.15) is 13.2 Å². The van der Waals surface area contributed by atoms with Crippen molar-refractivity contribution in [2.24, 2.45) is 0 Å². The Morgan fingerprint density at radius 2 is 2.00 bits per heavy atom. The first-order valence-electron chi connectivity index (χ1n) is 5.48. The summed E-state index contributed by atoms with van der Waals surface area (Å²) < 4.78 is 41.3. The lowest BCUT2D eigenvalue weighted by Gasteiger charge is -2.12. The Morgan fingerprint density at radius 1 is 1.37 bits per heavy atom. The predicted molar refractivity (Wildman–Crippen MR) is 68.3 cm³/mol. The van der Waals surface area contributed by atoms with Crippen LogP contribution >= 0.6 is 15.9 Å². The van der Waals surface area contributed by atoms with Gasteiger partial charge in [-0.15, -0.1) is 0 Å². The third-order valence-corrected chi connectivity index (χ3v) is 2.41. The average Bonchev–Trinajstić information content (AvgIpc) is 2.23. The number of benzene rings is 1. The lowest BCUT2D eigenvalue weighted by atomic mass is 10.2. The summed E-state index contributed by atoms with van der Waals surface area (Å²) >= 11 is 3.13. The standard InChI is InChI=1S/C12H13BrF3NO2/c1-7(2)17-11(18)8-3-9(13)5-10(4-8)19-6-12(14,15)16/h3-5,7H,6H2,1-2H3,(H,17,18). The molecular weight excluding hydrogens is 327 g/mol. The van der Waals surface area contributed by atoms with Gasteiger partial charge in [0.05, 0.1) is 0 Å². The molecule has 0 aromatic heterocycles. The van der Waals surface area contributed by atoms with E-state index in [4.69, 9.17) is 0 Å². The molecular formula is C12H13BrF3NO2. The highest BCUT2D eigenvalue weighted by Gasteiger charge is 2.28. The second-order valence-electron chi connectivity index (χ2n) is 4.21. The molecule has 1 aromatic rings. The second kappa shape index (κ2) is 6.27. The van der Waals surface area contributed by atoms with Gasteiger partial charge in [-0.25, -0.2) is 0 Å². The summed E-state index contributed by atoms with van der Waals surface area (Å²) in [6.07, 6.45) is -4.41. The number of hydrogen-bond acceptors (Lipinski definition) is 2. The van der Waals surface area contributed by atoms with Crippen molar-refractivity contribution in [2.45, 2.75) is 26.1 Å². The van der Waals surface area contributed by atoms with Crippen LogP contribution in [0.5, 0.6) is 5.75 Å². The van der Waals surface area contributed by atoms with E-state index in [2.05, 4.69) is 26.0 Å². The average molecular weight is 340 g/mol. The lowest BCUT2D eigenvalue weighted by molar-refractivity contribution is -0.153. The number of amides is 1. The largest absolute Gasteiger partial charge is 0.484 e. The van der Waals surface area contributed by atoms with Gasteiger partial charge in [-0.05, 0) is 32.0 Å². The number of hydrogen-bond donors (Lipinski definition) is 1. The molecule has 0 aliphatic heterocycles. The van der Waals surface area contributed by atoms with E-state index in [9.17, 15) is 18.0 Å². The van der Waals surface area contributed by atoms with Crippen LogP contribution in [-0.4, -0.2) is 24.7 Å². The highest BCUT2D eigenvalue weighted by Crippen LogP contribution is 2.24. The fourth-order valence-corrected chi connectivity index (χ4v) is 1.76. The molecule has 0 aliphatic rings. The molecule has 1 amide bonds. The SMILES string of the molecule is CC(C)NC(=O)c1cc(Br)cc(OCC(F)(F)F)c1. The van der Waals surface area contributed by atoms with E-state index in [1.54, 1.807) is 13.8 Å². The zero-order chi connectivity index (χ0) is 14.6. The first kappa shape index (κ1) is 15.8. The molecule has 0 unspecified atom stereocenters. The highest BCUT2D eigenvalue weighted by atomic mass is 79.9. The van der Waals surface area contributed by atoms with E-state index in [0.29, 0.717) is 4.47 Å². The molecule has 19 heavy (non-hydrogen) atoms. The van der Waals surface area contributed by atoms with Crippen molar-refractivity contribution in [3.05, 3.63) is 28.2 Å². The molecule has 0 radical (unpaired) electrons. The first-order chi connectivity index (χ1) is 8.67. The van der Waals surface area contributed by atoms with E-state index >= 15 is 0 Å². The molecule has 0 heterocycles. The summed E-state index contributed by atoms with van der Waals surface area (Å²) in [6, 6.07) is 4.09. The molecule has 0 saturated heterocycles. The van der Waals surface area contributed by atoms with Crippen molar-refractivity contribution < 1.29 is 22.7 Å². The Bertz CT molecular complexity index is 461. The molecule has 106 valence electrons. The van der Waals surface area contributed by atoms with Gasteiger partial charge < -0.3 is 10.1 Å². The van der Waals surface area contributed by atoms with Gasteiger partial charge >= 0.3 is 6.18 Å². The zero-order valence-electron chi connectivity index (χ0n) is 10.3. The maximum Gasteiger partial charge on any atom is 0.422 e. The Morgan fingerprint density at radius 3 is 2.53 bits per heavy atom. The Hall–Kier alpha value is -1.24. The van der Waals surface area contributed by atoms with Crippen LogP contribution in [0.4, 0.5) is 13.2 Å². The lowest BCUT2D eigenvalue weighted by Crippen LogP contribution is -2.30. The molecule has 0 atom stereocenters. The van der Waals surface area contributed by atoms with Gasteiger partial charge in [0.25, 0.3) is 5.91 Å². The van der Waals surface area contributed by atoms with Gasteiger partial charge in [0.1, 0.15) is 5.75 Å². The van der Waals surface area contributed by atoms with Crippen LogP contribution in [0.2, 0.25) is 0 Å². The monoisotopic (exact) mass is 339 g/mol. The summed E-state index contributed by atoms with van der Waals surface area (Å²) in [5, 5.41) is 2.65. The Labute approximate surface area is 117 Å². The number of alkyl halides is 3. The highest BCUT2D eigenvalue weighted by molar-refractivity contribution is 9.10. The van der Waals surface area contributed by atoms with Gasteiger partial charge in [0.2, 0.25) is 0 Å². The van der Waals surface area contributed by atoms with Gasteiger partial charge in [-0.3, -0.25) is 4.79 Å². The fourth-order valence-electron chi connectivity index (χ4n) is 1.29. The van der Waals surface area contributed by atoms with Crippen molar-refractivity contribution in [2.75, 3.05) is 6.61 Å². The van der Waals surface area contributed by atoms with E-state index in [1.807, 2.05) is 0 Å². The van der Waals surface area contributed by atoms with Crippen molar-refractivity contribution in [3.8, 4) is 5.75 Å². The molecule has 7 heteroatoms. The minimum atomic E-state index is -4.41. The topological polar surface area (TPSA) is 38.3 Å². The smallest absolute Gasteiger partial charge is 0.422 e. The molecule has 0 bridgehead atoms. The minimum absolute atomic E-state index is 0.0133. The van der Waals surface area contributed by atoms with E-state index in [1.165, 1.54) is 18.2 Å². The van der Waals surface area contributed by atoms with Crippen LogP contribution < -0.4 is 10.1 Å². The van der Waals surface area contributed by atoms with Crippen LogP contribution in [-0.2, 0) is 0 Å². The summed E-state index contributed by atoms with van der Waals surface area (Å²) in [7, 11) is 0. The third-order valence-electron chi connectivity index (χ3n) is 1.96. The predicted octanol–water partition coefficient (Wildman–Crippen LogP) is 3.53. The summed E-state index contributed by atoms with van der Waals surface area (Å²) in [4.78, 5) is 11.8. The van der Waals surface area contributed by atoms with Gasteiger partial charge in [0, 0.05) is 16.1 Å². The minimum Gasteiger partial charge on any atom is -0.484 e. The maximum atomic E-state index is 12.1. The number of carbonyl (C=O) groups is 1. The van der Waals surface area contributed by atoms with Crippen molar-refractivity contribution in [3.63, 3.8) is 0 Å². The maximum absolute atomic E-state index is 12.1. The third kappa shape index (κ3) is 5.96. The quantitative estimate of drug-likeness (QED) is 0.911. The van der Waals surface area contributed by atoms with Crippen molar-refractivity contribution in [1.29, 1.82) is 0 Å². The molecule has 1 rings (SSSR count). The van der Waals surface area contributed by atoms with Crippen molar-refractivity contribution in [1.82, 2.24) is 5.32 Å². The van der Waals surface area contributed by atoms with Crippen LogP contribution in [0.3, 0.4) is 0 Å². The normalized spacial score (nSPS) is 11.5. The van der Waals surface area contributed by atoms with Gasteiger partial charge in [0.15, 0.2) is 6.61 Å². The van der Waals surface area contributed by atoms with E-state index < -0.39 is 12.8 Å². The van der Waals surface area contributed by atoms with Crippen LogP contribution in [0, 0.1) is 0 Å². The summed E-state index contributed by atoms with van der Waals surface area (Å²) in [5.74, 6) is -0.381. The van der Waals surface area contributed by atoms with Crippen molar-refractivity contribution >= 4 is 21.8 Å².